The van der Waals surface area contributed by atoms with Gasteiger partial charge in [0.05, 0.1) is 5.69 Å². The Labute approximate surface area is 98.0 Å². The van der Waals surface area contributed by atoms with E-state index in [2.05, 4.69) is 20.3 Å². The lowest BCUT2D eigenvalue weighted by molar-refractivity contribution is 0.0835. The van der Waals surface area contributed by atoms with Gasteiger partial charge in [-0.1, -0.05) is 5.16 Å². The molecule has 1 aliphatic rings. The van der Waals surface area contributed by atoms with Crippen LogP contribution in [0.3, 0.4) is 0 Å². The third kappa shape index (κ3) is 2.03. The van der Waals surface area contributed by atoms with Crippen molar-refractivity contribution in [2.24, 2.45) is 0 Å². The van der Waals surface area contributed by atoms with Crippen molar-refractivity contribution in [1.82, 2.24) is 20.3 Å². The Balaban J connectivity index is 1.86. The molecule has 0 aromatic carbocycles. The normalized spacial score (nSPS) is 19.7. The number of hydrogen-bond acceptors (Lipinski definition) is 6. The summed E-state index contributed by atoms with van der Waals surface area (Å²) < 4.78 is 10.7. The van der Waals surface area contributed by atoms with Crippen molar-refractivity contribution < 1.29 is 9.26 Å². The highest BCUT2D eigenvalue weighted by atomic mass is 16.5. The van der Waals surface area contributed by atoms with Gasteiger partial charge >= 0.3 is 0 Å². The van der Waals surface area contributed by atoms with Crippen LogP contribution in [0.5, 0.6) is 0 Å². The molecule has 2 aromatic rings. The maximum Gasteiger partial charge on any atom is 0.256 e. The van der Waals surface area contributed by atoms with Gasteiger partial charge in [0, 0.05) is 6.61 Å². The van der Waals surface area contributed by atoms with Gasteiger partial charge in [0.1, 0.15) is 11.8 Å². The molecule has 17 heavy (non-hydrogen) atoms. The maximum atomic E-state index is 5.48. The Morgan fingerprint density at radius 3 is 2.94 bits per heavy atom. The summed E-state index contributed by atoms with van der Waals surface area (Å²) in [5.74, 6) is 0.989. The minimum Gasteiger partial charge on any atom is -0.368 e. The summed E-state index contributed by atoms with van der Waals surface area (Å²) in [5.41, 5.74) is 1.47. The second-order valence-corrected chi connectivity index (χ2v) is 4.02. The first-order valence-corrected chi connectivity index (χ1v) is 5.59. The summed E-state index contributed by atoms with van der Waals surface area (Å²) >= 11 is 0. The molecule has 0 amide bonds. The second-order valence-electron chi connectivity index (χ2n) is 4.02. The van der Waals surface area contributed by atoms with E-state index in [1.54, 1.807) is 0 Å². The lowest BCUT2D eigenvalue weighted by atomic mass is 10.2. The molecule has 88 valence electrons. The van der Waals surface area contributed by atoms with Gasteiger partial charge in [0.15, 0.2) is 0 Å². The predicted octanol–water partition coefficient (Wildman–Crippen LogP) is 1.69. The number of aryl methyl sites for hydroxylation is 1. The van der Waals surface area contributed by atoms with E-state index in [0.29, 0.717) is 17.4 Å². The molecule has 1 saturated heterocycles. The molecule has 2 aromatic heterocycles. The lowest BCUT2D eigenvalue weighted by Crippen LogP contribution is -1.96. The fourth-order valence-electron chi connectivity index (χ4n) is 1.76. The van der Waals surface area contributed by atoms with E-state index in [9.17, 15) is 0 Å². The van der Waals surface area contributed by atoms with Gasteiger partial charge in [-0.15, -0.1) is 5.10 Å². The molecule has 0 radical (unpaired) electrons. The van der Waals surface area contributed by atoms with E-state index < -0.39 is 0 Å². The van der Waals surface area contributed by atoms with Crippen LogP contribution in [0.25, 0.3) is 11.5 Å². The van der Waals surface area contributed by atoms with Crippen molar-refractivity contribution >= 4 is 0 Å². The quantitative estimate of drug-likeness (QED) is 0.784. The highest BCUT2D eigenvalue weighted by Crippen LogP contribution is 2.28. The highest BCUT2D eigenvalue weighted by molar-refractivity contribution is 5.46. The standard InChI is InChI=1S/C11H12N4O2/c1-7-4-5-8(14-13-7)10-12-11(17-15-10)9-3-2-6-16-9/h4-5,9H,2-3,6H2,1H3. The van der Waals surface area contributed by atoms with Gasteiger partial charge in [0.2, 0.25) is 5.82 Å². The van der Waals surface area contributed by atoms with Crippen molar-refractivity contribution in [3.63, 3.8) is 0 Å². The first-order chi connectivity index (χ1) is 8.33. The molecule has 1 atom stereocenters. The zero-order chi connectivity index (χ0) is 11.7. The Morgan fingerprint density at radius 1 is 1.29 bits per heavy atom. The van der Waals surface area contributed by atoms with Crippen LogP contribution in [0, 0.1) is 6.92 Å². The van der Waals surface area contributed by atoms with E-state index in [-0.39, 0.29) is 6.10 Å². The molecular formula is C11H12N4O2. The van der Waals surface area contributed by atoms with Crippen LogP contribution in [0.1, 0.15) is 30.5 Å². The molecule has 3 rings (SSSR count). The van der Waals surface area contributed by atoms with E-state index in [1.807, 2.05) is 19.1 Å². The number of nitrogens with zero attached hydrogens (tertiary/aromatic N) is 4. The number of aromatic nitrogens is 4. The van der Waals surface area contributed by atoms with E-state index in [4.69, 9.17) is 9.26 Å². The first kappa shape index (κ1) is 10.3. The molecule has 6 nitrogen and oxygen atoms in total. The van der Waals surface area contributed by atoms with E-state index in [0.717, 1.165) is 25.1 Å². The Hall–Kier alpha value is -1.82. The molecule has 1 unspecified atom stereocenters. The van der Waals surface area contributed by atoms with Crippen LogP contribution in [-0.4, -0.2) is 26.9 Å². The summed E-state index contributed by atoms with van der Waals surface area (Å²) in [7, 11) is 0. The lowest BCUT2D eigenvalue weighted by Gasteiger charge is -2.00. The van der Waals surface area contributed by atoms with Gasteiger partial charge in [-0.3, -0.25) is 0 Å². The molecule has 1 aliphatic heterocycles. The molecule has 3 heterocycles. The summed E-state index contributed by atoms with van der Waals surface area (Å²) in [6.07, 6.45) is 1.91. The topological polar surface area (TPSA) is 73.9 Å². The summed E-state index contributed by atoms with van der Waals surface area (Å²) in [6.45, 7) is 2.64. The van der Waals surface area contributed by atoms with Gasteiger partial charge in [-0.2, -0.15) is 10.1 Å². The average Bonchev–Trinajstić information content (AvgIpc) is 3.00. The largest absolute Gasteiger partial charge is 0.368 e. The third-order valence-corrected chi connectivity index (χ3v) is 2.67. The van der Waals surface area contributed by atoms with E-state index in [1.165, 1.54) is 0 Å². The van der Waals surface area contributed by atoms with Gasteiger partial charge in [0.25, 0.3) is 5.89 Å². The summed E-state index contributed by atoms with van der Waals surface area (Å²) in [5, 5.41) is 11.9. The number of ether oxygens (including phenoxy) is 1. The van der Waals surface area contributed by atoms with Crippen LogP contribution in [0.15, 0.2) is 16.7 Å². The monoisotopic (exact) mass is 232 g/mol. The number of hydrogen-bond donors (Lipinski definition) is 0. The van der Waals surface area contributed by atoms with Crippen LogP contribution in [-0.2, 0) is 4.74 Å². The highest BCUT2D eigenvalue weighted by Gasteiger charge is 2.24. The Morgan fingerprint density at radius 2 is 2.24 bits per heavy atom. The number of rotatable bonds is 2. The SMILES string of the molecule is Cc1ccc(-c2noc(C3CCCO3)n2)nn1. The molecule has 1 fully saturated rings. The predicted molar refractivity (Wildman–Crippen MR) is 58.0 cm³/mol. The third-order valence-electron chi connectivity index (χ3n) is 2.67. The molecular weight excluding hydrogens is 220 g/mol. The fourth-order valence-corrected chi connectivity index (χ4v) is 1.76. The molecule has 6 heteroatoms. The Bertz CT molecular complexity index is 502. The fraction of sp³-hybridized carbons (Fsp3) is 0.455. The Kier molecular flexibility index (Phi) is 2.56. The zero-order valence-electron chi connectivity index (χ0n) is 9.46. The van der Waals surface area contributed by atoms with Crippen molar-refractivity contribution in [2.75, 3.05) is 6.61 Å². The maximum absolute atomic E-state index is 5.48. The minimum absolute atomic E-state index is 0.0605. The van der Waals surface area contributed by atoms with Crippen LogP contribution in [0.4, 0.5) is 0 Å². The first-order valence-electron chi connectivity index (χ1n) is 5.59. The molecule has 0 saturated carbocycles. The van der Waals surface area contributed by atoms with Crippen molar-refractivity contribution in [1.29, 1.82) is 0 Å². The summed E-state index contributed by atoms with van der Waals surface area (Å²) in [4.78, 5) is 4.29. The van der Waals surface area contributed by atoms with Crippen molar-refractivity contribution in [3.05, 3.63) is 23.7 Å². The smallest absolute Gasteiger partial charge is 0.256 e. The van der Waals surface area contributed by atoms with E-state index >= 15 is 0 Å². The molecule has 0 spiro atoms. The molecule has 0 bridgehead atoms. The minimum atomic E-state index is -0.0605. The van der Waals surface area contributed by atoms with Crippen LogP contribution >= 0.6 is 0 Å². The molecule has 0 N–H and O–H groups in total. The van der Waals surface area contributed by atoms with Crippen LogP contribution in [0.2, 0.25) is 0 Å². The van der Waals surface area contributed by atoms with Gasteiger partial charge in [-0.05, 0) is 31.9 Å². The second kappa shape index (κ2) is 4.21. The molecule has 0 aliphatic carbocycles. The zero-order valence-corrected chi connectivity index (χ0v) is 9.46. The van der Waals surface area contributed by atoms with Crippen LogP contribution < -0.4 is 0 Å². The van der Waals surface area contributed by atoms with Gasteiger partial charge in [-0.25, -0.2) is 0 Å². The van der Waals surface area contributed by atoms with Crippen molar-refractivity contribution in [2.45, 2.75) is 25.9 Å². The van der Waals surface area contributed by atoms with Gasteiger partial charge < -0.3 is 9.26 Å². The summed E-state index contributed by atoms with van der Waals surface area (Å²) in [6, 6.07) is 3.69. The average molecular weight is 232 g/mol. The van der Waals surface area contributed by atoms with Crippen molar-refractivity contribution in [3.8, 4) is 11.5 Å².